The number of carbonyl (C=O) groups is 2. The second-order valence-electron chi connectivity index (χ2n) is 7.29. The number of hydrazone groups is 1. The third-order valence-electron chi connectivity index (χ3n) is 4.66. The lowest BCUT2D eigenvalue weighted by atomic mass is 10.2. The van der Waals surface area contributed by atoms with Gasteiger partial charge in [-0.15, -0.1) is 0 Å². The third kappa shape index (κ3) is 7.62. The minimum Gasteiger partial charge on any atom is -0.490 e. The predicted molar refractivity (Wildman–Crippen MR) is 139 cm³/mol. The Kier molecular flexibility index (Phi) is 9.37. The van der Waals surface area contributed by atoms with Gasteiger partial charge in [0.2, 0.25) is 0 Å². The zero-order chi connectivity index (χ0) is 25.4. The molecule has 0 spiro atoms. The van der Waals surface area contributed by atoms with Gasteiger partial charge in [-0.3, -0.25) is 9.59 Å². The SMILES string of the molecule is CCOc1cc(/C=N\NC(=O)C(=O)Nc2ccc(C)c(Cl)c2)ccc1OCc1ccc(Cl)c(Cl)c1. The first-order valence-electron chi connectivity index (χ1n) is 10.5. The van der Waals surface area contributed by atoms with Crippen LogP contribution in [0.5, 0.6) is 11.5 Å². The van der Waals surface area contributed by atoms with E-state index in [1.807, 2.05) is 19.9 Å². The Morgan fingerprint density at radius 1 is 0.886 bits per heavy atom. The van der Waals surface area contributed by atoms with Gasteiger partial charge in [-0.1, -0.05) is 46.9 Å². The van der Waals surface area contributed by atoms with Crippen molar-refractivity contribution in [2.75, 3.05) is 11.9 Å². The van der Waals surface area contributed by atoms with E-state index in [1.54, 1.807) is 48.5 Å². The minimum atomic E-state index is -0.926. The van der Waals surface area contributed by atoms with Crippen molar-refractivity contribution >= 4 is 58.5 Å². The normalized spacial score (nSPS) is 10.8. The van der Waals surface area contributed by atoms with Crippen LogP contribution < -0.4 is 20.2 Å². The molecule has 10 heteroatoms. The highest BCUT2D eigenvalue weighted by Crippen LogP contribution is 2.30. The van der Waals surface area contributed by atoms with Crippen LogP contribution in [0.3, 0.4) is 0 Å². The van der Waals surface area contributed by atoms with E-state index >= 15 is 0 Å². The van der Waals surface area contributed by atoms with Crippen LogP contribution in [0.1, 0.15) is 23.6 Å². The summed E-state index contributed by atoms with van der Waals surface area (Å²) >= 11 is 18.0. The molecule has 3 rings (SSSR count). The van der Waals surface area contributed by atoms with E-state index in [9.17, 15) is 9.59 Å². The lowest BCUT2D eigenvalue weighted by Crippen LogP contribution is -2.32. The Labute approximate surface area is 218 Å². The van der Waals surface area contributed by atoms with Gasteiger partial charge in [0.05, 0.1) is 22.9 Å². The summed E-state index contributed by atoms with van der Waals surface area (Å²) in [6, 6.07) is 15.4. The number of hydrogen-bond donors (Lipinski definition) is 2. The number of amides is 2. The summed E-state index contributed by atoms with van der Waals surface area (Å²) in [7, 11) is 0. The van der Waals surface area contributed by atoms with Crippen molar-refractivity contribution in [2.24, 2.45) is 5.10 Å². The van der Waals surface area contributed by atoms with E-state index in [0.717, 1.165) is 11.1 Å². The lowest BCUT2D eigenvalue weighted by molar-refractivity contribution is -0.136. The van der Waals surface area contributed by atoms with Gasteiger partial charge in [-0.05, 0) is 73.0 Å². The summed E-state index contributed by atoms with van der Waals surface area (Å²) in [6.07, 6.45) is 1.39. The topological polar surface area (TPSA) is 89.0 Å². The Morgan fingerprint density at radius 3 is 2.40 bits per heavy atom. The van der Waals surface area contributed by atoms with Crippen LogP contribution in [0.25, 0.3) is 0 Å². The summed E-state index contributed by atoms with van der Waals surface area (Å²) in [4.78, 5) is 24.1. The first-order chi connectivity index (χ1) is 16.8. The van der Waals surface area contributed by atoms with Crippen molar-refractivity contribution in [3.05, 3.63) is 86.4 Å². The number of anilines is 1. The first-order valence-corrected chi connectivity index (χ1v) is 11.6. The standard InChI is InChI=1S/C25H22Cl3N3O4/c1-3-34-23-11-16(6-9-22(23)35-14-17-5-8-19(26)21(28)10-17)13-29-31-25(33)24(32)30-18-7-4-15(2)20(27)12-18/h4-13H,3,14H2,1-2H3,(H,30,32)(H,31,33)/b29-13-. The van der Waals surface area contributed by atoms with Crippen LogP contribution in [0.4, 0.5) is 5.69 Å². The second kappa shape index (κ2) is 12.4. The van der Waals surface area contributed by atoms with Gasteiger partial charge in [-0.2, -0.15) is 5.10 Å². The number of rotatable bonds is 8. The summed E-state index contributed by atoms with van der Waals surface area (Å²) in [6.45, 7) is 4.37. The van der Waals surface area contributed by atoms with Crippen molar-refractivity contribution in [3.8, 4) is 11.5 Å². The molecule has 0 radical (unpaired) electrons. The summed E-state index contributed by atoms with van der Waals surface area (Å²) in [5.74, 6) is -0.778. The molecule has 35 heavy (non-hydrogen) atoms. The van der Waals surface area contributed by atoms with Crippen molar-refractivity contribution < 1.29 is 19.1 Å². The molecule has 0 fully saturated rings. The molecule has 0 aliphatic carbocycles. The number of nitrogens with zero attached hydrogens (tertiary/aromatic N) is 1. The summed E-state index contributed by atoms with van der Waals surface area (Å²) in [5, 5.41) is 7.71. The van der Waals surface area contributed by atoms with Crippen LogP contribution in [0.2, 0.25) is 15.1 Å². The minimum absolute atomic E-state index is 0.266. The van der Waals surface area contributed by atoms with Crippen molar-refractivity contribution in [1.82, 2.24) is 5.43 Å². The van der Waals surface area contributed by atoms with Crippen molar-refractivity contribution in [2.45, 2.75) is 20.5 Å². The van der Waals surface area contributed by atoms with Crippen LogP contribution in [0.15, 0.2) is 59.7 Å². The van der Waals surface area contributed by atoms with Crippen molar-refractivity contribution in [3.63, 3.8) is 0 Å². The molecule has 0 aliphatic heterocycles. The van der Waals surface area contributed by atoms with Gasteiger partial charge in [-0.25, -0.2) is 5.43 Å². The molecule has 2 amide bonds. The number of aryl methyl sites for hydroxylation is 1. The molecular weight excluding hydrogens is 513 g/mol. The largest absolute Gasteiger partial charge is 0.490 e. The summed E-state index contributed by atoms with van der Waals surface area (Å²) in [5.41, 5.74) is 4.93. The highest BCUT2D eigenvalue weighted by molar-refractivity contribution is 6.42. The van der Waals surface area contributed by atoms with E-state index < -0.39 is 11.8 Å². The molecule has 0 saturated carbocycles. The molecule has 182 valence electrons. The monoisotopic (exact) mass is 533 g/mol. The van der Waals surface area contributed by atoms with E-state index in [-0.39, 0.29) is 6.61 Å². The van der Waals surface area contributed by atoms with E-state index in [4.69, 9.17) is 44.3 Å². The molecule has 0 heterocycles. The highest BCUT2D eigenvalue weighted by Gasteiger charge is 2.13. The average molecular weight is 535 g/mol. The number of halogens is 3. The highest BCUT2D eigenvalue weighted by atomic mass is 35.5. The number of benzene rings is 3. The third-order valence-corrected chi connectivity index (χ3v) is 5.81. The number of carbonyl (C=O) groups excluding carboxylic acids is 2. The van der Waals surface area contributed by atoms with Gasteiger partial charge in [0.25, 0.3) is 0 Å². The maximum Gasteiger partial charge on any atom is 0.329 e. The Hall–Kier alpha value is -3.26. The molecule has 7 nitrogen and oxygen atoms in total. The predicted octanol–water partition coefficient (Wildman–Crippen LogP) is 6.02. The molecule has 0 aliphatic rings. The zero-order valence-corrected chi connectivity index (χ0v) is 21.2. The van der Waals surface area contributed by atoms with E-state index in [1.165, 1.54) is 6.21 Å². The van der Waals surface area contributed by atoms with Crippen LogP contribution in [0, 0.1) is 6.92 Å². The molecule has 0 aromatic heterocycles. The first kappa shape index (κ1) is 26.3. The smallest absolute Gasteiger partial charge is 0.329 e. The van der Waals surface area contributed by atoms with Gasteiger partial charge in [0, 0.05) is 10.7 Å². The van der Waals surface area contributed by atoms with Crippen LogP contribution >= 0.6 is 34.8 Å². The number of nitrogens with one attached hydrogen (secondary N) is 2. The van der Waals surface area contributed by atoms with Gasteiger partial charge in [0.1, 0.15) is 6.61 Å². The van der Waals surface area contributed by atoms with Crippen LogP contribution in [-0.4, -0.2) is 24.6 Å². The maximum atomic E-state index is 12.1. The lowest BCUT2D eigenvalue weighted by Gasteiger charge is -2.13. The molecule has 0 unspecified atom stereocenters. The van der Waals surface area contributed by atoms with Gasteiger partial charge < -0.3 is 14.8 Å². The number of hydrogen-bond acceptors (Lipinski definition) is 5. The maximum absolute atomic E-state index is 12.1. The fourth-order valence-corrected chi connectivity index (χ4v) is 3.36. The molecule has 0 saturated heterocycles. The Morgan fingerprint density at radius 2 is 1.69 bits per heavy atom. The second-order valence-corrected chi connectivity index (χ2v) is 8.52. The molecule has 3 aromatic carbocycles. The fourth-order valence-electron chi connectivity index (χ4n) is 2.86. The molecule has 0 atom stereocenters. The van der Waals surface area contributed by atoms with E-state index in [2.05, 4.69) is 15.8 Å². The zero-order valence-electron chi connectivity index (χ0n) is 18.9. The van der Waals surface area contributed by atoms with Crippen LogP contribution in [-0.2, 0) is 16.2 Å². The Balaban J connectivity index is 1.60. The molecule has 3 aromatic rings. The van der Waals surface area contributed by atoms with Crippen molar-refractivity contribution in [1.29, 1.82) is 0 Å². The fraction of sp³-hybridized carbons (Fsp3) is 0.160. The molecule has 2 N–H and O–H groups in total. The average Bonchev–Trinajstić information content (AvgIpc) is 2.83. The quantitative estimate of drug-likeness (QED) is 0.210. The van der Waals surface area contributed by atoms with Gasteiger partial charge in [0.15, 0.2) is 11.5 Å². The number of ether oxygens (including phenoxy) is 2. The van der Waals surface area contributed by atoms with Gasteiger partial charge >= 0.3 is 11.8 Å². The summed E-state index contributed by atoms with van der Waals surface area (Å²) < 4.78 is 11.5. The van der Waals surface area contributed by atoms with E-state index in [0.29, 0.717) is 44.4 Å². The Bertz CT molecular complexity index is 1260. The molecule has 0 bridgehead atoms. The molecular formula is C25H22Cl3N3O4.